The van der Waals surface area contributed by atoms with E-state index in [0.717, 1.165) is 18.3 Å². The molecule has 0 aromatic heterocycles. The zero-order valence-electron chi connectivity index (χ0n) is 8.36. The van der Waals surface area contributed by atoms with Crippen molar-refractivity contribution in [1.82, 2.24) is 0 Å². The average Bonchev–Trinajstić information content (AvgIpc) is 2.60. The smallest absolute Gasteiger partial charge is 0.306 e. The Morgan fingerprint density at radius 1 is 1.23 bits per heavy atom. The average molecular weight is 182 g/mol. The van der Waals surface area contributed by atoms with Gasteiger partial charge in [0.1, 0.15) is 0 Å². The molecule has 0 heterocycles. The van der Waals surface area contributed by atoms with E-state index in [-0.39, 0.29) is 5.92 Å². The summed E-state index contributed by atoms with van der Waals surface area (Å²) in [4.78, 5) is 10.9. The quantitative estimate of drug-likeness (QED) is 0.712. The molecule has 0 amide bonds. The Balaban J connectivity index is 2.03. The van der Waals surface area contributed by atoms with Gasteiger partial charge in [0.15, 0.2) is 0 Å². The highest BCUT2D eigenvalue weighted by Crippen LogP contribution is 2.53. The lowest BCUT2D eigenvalue weighted by Crippen LogP contribution is -2.26. The lowest BCUT2D eigenvalue weighted by atomic mass is 9.77. The third-order valence-electron chi connectivity index (χ3n) is 4.09. The highest BCUT2D eigenvalue weighted by Gasteiger charge is 2.49. The third-order valence-corrected chi connectivity index (χ3v) is 4.09. The first-order chi connectivity index (χ1) is 6.09. The number of carbonyl (C=O) groups is 1. The molecule has 0 saturated heterocycles. The number of hydrogen-bond acceptors (Lipinski definition) is 1. The first-order valence-corrected chi connectivity index (χ1v) is 5.32. The van der Waals surface area contributed by atoms with E-state index < -0.39 is 5.97 Å². The second-order valence-electron chi connectivity index (χ2n) is 5.08. The van der Waals surface area contributed by atoms with Crippen molar-refractivity contribution >= 4 is 5.97 Å². The van der Waals surface area contributed by atoms with Gasteiger partial charge in [0, 0.05) is 0 Å². The maximum atomic E-state index is 10.9. The van der Waals surface area contributed by atoms with Crippen LogP contribution in [0.3, 0.4) is 0 Å². The van der Waals surface area contributed by atoms with Gasteiger partial charge in [-0.1, -0.05) is 13.8 Å². The van der Waals surface area contributed by atoms with Gasteiger partial charge in [0.25, 0.3) is 0 Å². The van der Waals surface area contributed by atoms with E-state index in [9.17, 15) is 4.79 Å². The predicted molar refractivity (Wildman–Crippen MR) is 50.3 cm³/mol. The summed E-state index contributed by atoms with van der Waals surface area (Å²) in [6, 6.07) is 0. The molecule has 2 heteroatoms. The molecule has 0 aromatic carbocycles. The van der Waals surface area contributed by atoms with Crippen LogP contribution in [0.15, 0.2) is 0 Å². The van der Waals surface area contributed by atoms with Gasteiger partial charge in [0.05, 0.1) is 5.92 Å². The zero-order chi connectivity index (χ0) is 9.59. The summed E-state index contributed by atoms with van der Waals surface area (Å²) in [5.74, 6) is 2.18. The van der Waals surface area contributed by atoms with Gasteiger partial charge in [-0.15, -0.1) is 0 Å². The molecule has 4 atom stereocenters. The summed E-state index contributed by atoms with van der Waals surface area (Å²) in [6.45, 7) is 4.53. The summed E-state index contributed by atoms with van der Waals surface area (Å²) in [5.41, 5.74) is 0. The first kappa shape index (κ1) is 9.04. The van der Waals surface area contributed by atoms with Gasteiger partial charge >= 0.3 is 5.97 Å². The highest BCUT2D eigenvalue weighted by atomic mass is 16.4. The summed E-state index contributed by atoms with van der Waals surface area (Å²) in [5, 5.41) is 8.96. The lowest BCUT2D eigenvalue weighted by Gasteiger charge is -2.28. The molecule has 74 valence electrons. The Bertz CT molecular complexity index is 222. The van der Waals surface area contributed by atoms with E-state index in [0.29, 0.717) is 11.8 Å². The molecule has 2 nitrogen and oxygen atoms in total. The summed E-state index contributed by atoms with van der Waals surface area (Å²) >= 11 is 0. The molecule has 13 heavy (non-hydrogen) atoms. The first-order valence-electron chi connectivity index (χ1n) is 5.32. The number of fused-ring (bicyclic) bond motifs is 2. The normalized spacial score (nSPS) is 43.0. The molecule has 4 unspecified atom stereocenters. The van der Waals surface area contributed by atoms with Crippen molar-refractivity contribution in [2.24, 2.45) is 29.6 Å². The van der Waals surface area contributed by atoms with Crippen molar-refractivity contribution in [3.8, 4) is 0 Å². The van der Waals surface area contributed by atoms with Gasteiger partial charge in [-0.25, -0.2) is 0 Å². The van der Waals surface area contributed by atoms with Crippen molar-refractivity contribution in [2.45, 2.75) is 33.1 Å². The third kappa shape index (κ3) is 1.36. The molecule has 0 aliphatic heterocycles. The van der Waals surface area contributed by atoms with Crippen molar-refractivity contribution < 1.29 is 9.90 Å². The Morgan fingerprint density at radius 3 is 2.31 bits per heavy atom. The van der Waals surface area contributed by atoms with Crippen molar-refractivity contribution in [3.05, 3.63) is 0 Å². The maximum Gasteiger partial charge on any atom is 0.306 e. The predicted octanol–water partition coefficient (Wildman–Crippen LogP) is 2.39. The molecule has 2 rings (SSSR count). The van der Waals surface area contributed by atoms with E-state index in [2.05, 4.69) is 13.8 Å². The maximum absolute atomic E-state index is 10.9. The monoisotopic (exact) mass is 182 g/mol. The minimum atomic E-state index is -0.560. The van der Waals surface area contributed by atoms with E-state index in [1.807, 2.05) is 0 Å². The molecular formula is C11H18O2. The van der Waals surface area contributed by atoms with Crippen LogP contribution in [-0.2, 0) is 4.79 Å². The van der Waals surface area contributed by atoms with Gasteiger partial charge in [0.2, 0.25) is 0 Å². The molecule has 0 radical (unpaired) electrons. The van der Waals surface area contributed by atoms with E-state index in [4.69, 9.17) is 5.11 Å². The van der Waals surface area contributed by atoms with Gasteiger partial charge in [-0.3, -0.25) is 4.79 Å². The van der Waals surface area contributed by atoms with Crippen LogP contribution in [0.2, 0.25) is 0 Å². The lowest BCUT2D eigenvalue weighted by molar-refractivity contribution is -0.143. The van der Waals surface area contributed by atoms with Gasteiger partial charge < -0.3 is 5.11 Å². The van der Waals surface area contributed by atoms with E-state index >= 15 is 0 Å². The second-order valence-corrected chi connectivity index (χ2v) is 5.08. The minimum absolute atomic E-state index is 0.0139. The highest BCUT2D eigenvalue weighted by molar-refractivity contribution is 5.71. The van der Waals surface area contributed by atoms with Crippen LogP contribution < -0.4 is 0 Å². The topological polar surface area (TPSA) is 37.3 Å². The molecule has 0 aromatic rings. The molecule has 2 fully saturated rings. The molecule has 2 bridgehead atoms. The van der Waals surface area contributed by atoms with Gasteiger partial charge in [-0.2, -0.15) is 0 Å². The Hall–Kier alpha value is -0.530. The van der Waals surface area contributed by atoms with Crippen LogP contribution in [-0.4, -0.2) is 11.1 Å². The SMILES string of the molecule is CC(C)C1CC2CC1CC2C(=O)O. The Labute approximate surface area is 79.3 Å². The fourth-order valence-electron chi connectivity index (χ4n) is 3.44. The number of aliphatic carboxylic acids is 1. The van der Waals surface area contributed by atoms with Crippen LogP contribution in [0.5, 0.6) is 0 Å². The summed E-state index contributed by atoms with van der Waals surface area (Å²) in [7, 11) is 0. The van der Waals surface area contributed by atoms with Crippen LogP contribution in [0, 0.1) is 29.6 Å². The number of carboxylic acids is 1. The Morgan fingerprint density at radius 2 is 1.92 bits per heavy atom. The van der Waals surface area contributed by atoms with E-state index in [1.165, 1.54) is 12.8 Å². The Kier molecular flexibility index (Phi) is 2.09. The molecule has 0 spiro atoms. The van der Waals surface area contributed by atoms with Crippen molar-refractivity contribution in [2.75, 3.05) is 0 Å². The fourth-order valence-corrected chi connectivity index (χ4v) is 3.44. The van der Waals surface area contributed by atoms with Crippen LogP contribution in [0.1, 0.15) is 33.1 Å². The number of rotatable bonds is 2. The van der Waals surface area contributed by atoms with Crippen LogP contribution >= 0.6 is 0 Å². The van der Waals surface area contributed by atoms with Gasteiger partial charge in [-0.05, 0) is 42.9 Å². The minimum Gasteiger partial charge on any atom is -0.481 e. The van der Waals surface area contributed by atoms with Crippen LogP contribution in [0.4, 0.5) is 0 Å². The molecular weight excluding hydrogens is 164 g/mol. The molecule has 2 aliphatic carbocycles. The van der Waals surface area contributed by atoms with Crippen molar-refractivity contribution in [1.29, 1.82) is 0 Å². The fraction of sp³-hybridized carbons (Fsp3) is 0.909. The summed E-state index contributed by atoms with van der Waals surface area (Å²) < 4.78 is 0. The molecule has 1 N–H and O–H groups in total. The van der Waals surface area contributed by atoms with Crippen molar-refractivity contribution in [3.63, 3.8) is 0 Å². The number of carboxylic acid groups (broad SMARTS) is 1. The standard InChI is InChI=1S/C11H18O2/c1-6(2)9-4-8-3-7(9)5-10(8)11(12)13/h6-10H,3-5H2,1-2H3,(H,12,13). The summed E-state index contributed by atoms with van der Waals surface area (Å²) in [6.07, 6.45) is 3.29. The number of hydrogen-bond donors (Lipinski definition) is 1. The van der Waals surface area contributed by atoms with Crippen LogP contribution in [0.25, 0.3) is 0 Å². The largest absolute Gasteiger partial charge is 0.481 e. The molecule has 2 aliphatic rings. The van der Waals surface area contributed by atoms with E-state index in [1.54, 1.807) is 0 Å². The second kappa shape index (κ2) is 3.00. The zero-order valence-corrected chi connectivity index (χ0v) is 8.36. The molecule has 2 saturated carbocycles.